The number of rotatable bonds is 6. The van der Waals surface area contributed by atoms with E-state index in [4.69, 9.17) is 0 Å². The molecule has 0 aliphatic heterocycles. The van der Waals surface area contributed by atoms with Gasteiger partial charge in [0.15, 0.2) is 0 Å². The van der Waals surface area contributed by atoms with Crippen molar-refractivity contribution in [2.24, 2.45) is 5.92 Å². The lowest BCUT2D eigenvalue weighted by atomic mass is 10.1. The Kier molecular flexibility index (Phi) is 6.99. The van der Waals surface area contributed by atoms with Crippen LogP contribution in [0.4, 0.5) is 10.1 Å². The van der Waals surface area contributed by atoms with Crippen LogP contribution in [0.3, 0.4) is 0 Å². The maximum absolute atomic E-state index is 13.2. The average Bonchev–Trinajstić information content (AvgIpc) is 3.41. The van der Waals surface area contributed by atoms with Gasteiger partial charge in [-0.05, 0) is 71.1 Å². The van der Waals surface area contributed by atoms with Crippen LogP contribution in [-0.4, -0.2) is 5.91 Å². The molecule has 0 aromatic heterocycles. The Bertz CT molecular complexity index is 735. The lowest BCUT2D eigenvalue weighted by molar-refractivity contribution is -0.117. The fourth-order valence-corrected chi connectivity index (χ4v) is 2.91. The molecule has 1 atom stereocenters. The molecule has 0 heterocycles. The van der Waals surface area contributed by atoms with Crippen molar-refractivity contribution < 1.29 is 9.18 Å². The maximum Gasteiger partial charge on any atom is 0.227 e. The van der Waals surface area contributed by atoms with Crippen molar-refractivity contribution in [3.05, 3.63) is 63.9 Å². The van der Waals surface area contributed by atoms with Gasteiger partial charge in [0.05, 0.1) is 4.47 Å². The highest BCUT2D eigenvalue weighted by atomic mass is 79.9. The van der Waals surface area contributed by atoms with Gasteiger partial charge in [-0.25, -0.2) is 4.39 Å². The highest BCUT2D eigenvalue weighted by molar-refractivity contribution is 9.10. The van der Waals surface area contributed by atoms with Crippen LogP contribution in [0.25, 0.3) is 0 Å². The predicted octanol–water partition coefficient (Wildman–Crippen LogP) is 5.21. The van der Waals surface area contributed by atoms with Crippen LogP contribution < -0.4 is 10.6 Å². The number of hydrogen-bond donors (Lipinski definition) is 2. The molecular formula is C19H21BrClFN2O. The molecule has 3 rings (SSSR count). The van der Waals surface area contributed by atoms with Crippen molar-refractivity contribution in [2.75, 3.05) is 5.32 Å². The summed E-state index contributed by atoms with van der Waals surface area (Å²) in [5.41, 5.74) is 2.99. The fourth-order valence-electron chi connectivity index (χ4n) is 2.48. The number of anilines is 1. The van der Waals surface area contributed by atoms with Crippen molar-refractivity contribution >= 4 is 39.9 Å². The largest absolute Gasteiger partial charge is 0.326 e. The van der Waals surface area contributed by atoms with E-state index in [1.807, 2.05) is 24.3 Å². The quantitative estimate of drug-likeness (QED) is 0.664. The molecule has 2 aromatic carbocycles. The Labute approximate surface area is 161 Å². The van der Waals surface area contributed by atoms with Gasteiger partial charge in [0, 0.05) is 24.2 Å². The zero-order valence-corrected chi connectivity index (χ0v) is 16.3. The number of carbonyl (C=O) groups is 1. The van der Waals surface area contributed by atoms with Crippen LogP contribution in [-0.2, 0) is 11.3 Å². The molecular weight excluding hydrogens is 407 g/mol. The molecule has 0 saturated heterocycles. The Hall–Kier alpha value is -1.43. The Balaban J connectivity index is 0.00000225. The van der Waals surface area contributed by atoms with E-state index in [9.17, 15) is 9.18 Å². The number of hydrogen-bond acceptors (Lipinski definition) is 2. The summed E-state index contributed by atoms with van der Waals surface area (Å²) in [7, 11) is 0. The second-order valence-electron chi connectivity index (χ2n) is 6.24. The van der Waals surface area contributed by atoms with Crippen LogP contribution in [0, 0.1) is 11.7 Å². The molecule has 1 aliphatic rings. The standard InChI is InChI=1S/C19H20BrFN2O.ClH/c1-12(22-11-13-2-9-18(21)17(20)10-13)14-5-7-16(8-6-14)23-19(24)15-3-4-15;/h2,5-10,12,15,22H,3-4,11H2,1H3,(H,23,24);1H. The van der Waals surface area contributed by atoms with Crippen molar-refractivity contribution in [1.82, 2.24) is 5.32 Å². The summed E-state index contributed by atoms with van der Waals surface area (Å²) in [6, 6.07) is 13.1. The topological polar surface area (TPSA) is 41.1 Å². The van der Waals surface area contributed by atoms with Crippen molar-refractivity contribution in [3.8, 4) is 0 Å². The van der Waals surface area contributed by atoms with E-state index < -0.39 is 0 Å². The van der Waals surface area contributed by atoms with Gasteiger partial charge < -0.3 is 10.6 Å². The Morgan fingerprint density at radius 1 is 1.24 bits per heavy atom. The van der Waals surface area contributed by atoms with E-state index in [2.05, 4.69) is 33.5 Å². The second-order valence-corrected chi connectivity index (χ2v) is 7.09. The predicted molar refractivity (Wildman–Crippen MR) is 104 cm³/mol. The minimum atomic E-state index is -0.254. The molecule has 2 aromatic rings. The molecule has 134 valence electrons. The molecule has 6 heteroatoms. The summed E-state index contributed by atoms with van der Waals surface area (Å²) in [4.78, 5) is 11.8. The molecule has 0 radical (unpaired) electrons. The van der Waals surface area contributed by atoms with Gasteiger partial charge in [-0.15, -0.1) is 12.4 Å². The van der Waals surface area contributed by atoms with Crippen molar-refractivity contribution in [3.63, 3.8) is 0 Å². The van der Waals surface area contributed by atoms with E-state index in [-0.39, 0.29) is 36.1 Å². The van der Waals surface area contributed by atoms with E-state index in [0.29, 0.717) is 11.0 Å². The molecule has 0 bridgehead atoms. The minimum absolute atomic E-state index is 0. The number of nitrogens with one attached hydrogen (secondary N) is 2. The van der Waals surface area contributed by atoms with Crippen LogP contribution in [0.2, 0.25) is 0 Å². The number of carbonyl (C=O) groups excluding carboxylic acids is 1. The van der Waals surface area contributed by atoms with Gasteiger partial charge in [0.1, 0.15) is 5.82 Å². The first kappa shape index (κ1) is 19.9. The van der Waals surface area contributed by atoms with E-state index in [0.717, 1.165) is 29.7 Å². The lowest BCUT2D eigenvalue weighted by Crippen LogP contribution is -2.18. The fraction of sp³-hybridized carbons (Fsp3) is 0.316. The third-order valence-corrected chi connectivity index (χ3v) is 4.83. The molecule has 25 heavy (non-hydrogen) atoms. The second kappa shape index (κ2) is 8.79. The van der Waals surface area contributed by atoms with Crippen molar-refractivity contribution in [1.29, 1.82) is 0 Å². The number of amides is 1. The third-order valence-electron chi connectivity index (χ3n) is 4.22. The number of halogens is 3. The first-order valence-corrected chi connectivity index (χ1v) is 8.90. The van der Waals surface area contributed by atoms with Crippen LogP contribution >= 0.6 is 28.3 Å². The summed E-state index contributed by atoms with van der Waals surface area (Å²) in [6.07, 6.45) is 2.01. The van der Waals surface area contributed by atoms with Crippen molar-refractivity contribution in [2.45, 2.75) is 32.4 Å². The normalized spacial score (nSPS) is 14.5. The molecule has 1 unspecified atom stereocenters. The summed E-state index contributed by atoms with van der Waals surface area (Å²) in [6.45, 7) is 2.73. The van der Waals surface area contributed by atoms with Gasteiger partial charge in [-0.1, -0.05) is 18.2 Å². The smallest absolute Gasteiger partial charge is 0.227 e. The molecule has 3 nitrogen and oxygen atoms in total. The average molecular weight is 428 g/mol. The molecule has 1 aliphatic carbocycles. The maximum atomic E-state index is 13.2. The first-order chi connectivity index (χ1) is 11.5. The molecule has 2 N–H and O–H groups in total. The van der Waals surface area contributed by atoms with Gasteiger partial charge in [0.2, 0.25) is 5.91 Å². The SMILES string of the molecule is CC(NCc1ccc(F)c(Br)c1)c1ccc(NC(=O)C2CC2)cc1.Cl. The highest BCUT2D eigenvalue weighted by Crippen LogP contribution is 2.30. The van der Waals surface area contributed by atoms with E-state index in [1.165, 1.54) is 6.07 Å². The monoisotopic (exact) mass is 426 g/mol. The summed E-state index contributed by atoms with van der Waals surface area (Å²) in [5.74, 6) is 0.0757. The lowest BCUT2D eigenvalue weighted by Gasteiger charge is -2.15. The zero-order valence-electron chi connectivity index (χ0n) is 13.9. The summed E-state index contributed by atoms with van der Waals surface area (Å²) >= 11 is 3.20. The molecule has 1 fully saturated rings. The Morgan fingerprint density at radius 2 is 1.92 bits per heavy atom. The van der Waals surface area contributed by atoms with Gasteiger partial charge >= 0.3 is 0 Å². The molecule has 0 spiro atoms. The van der Waals surface area contributed by atoms with Gasteiger partial charge in [-0.3, -0.25) is 4.79 Å². The van der Waals surface area contributed by atoms with Gasteiger partial charge in [-0.2, -0.15) is 0 Å². The van der Waals surface area contributed by atoms with Crippen LogP contribution in [0.5, 0.6) is 0 Å². The van der Waals surface area contributed by atoms with E-state index >= 15 is 0 Å². The third kappa shape index (κ3) is 5.53. The van der Waals surface area contributed by atoms with Crippen LogP contribution in [0.15, 0.2) is 46.9 Å². The minimum Gasteiger partial charge on any atom is -0.326 e. The summed E-state index contributed by atoms with van der Waals surface area (Å²) in [5, 5.41) is 6.36. The zero-order chi connectivity index (χ0) is 17.1. The Morgan fingerprint density at radius 3 is 2.52 bits per heavy atom. The molecule has 1 amide bonds. The highest BCUT2D eigenvalue weighted by Gasteiger charge is 2.29. The first-order valence-electron chi connectivity index (χ1n) is 8.11. The number of benzene rings is 2. The van der Waals surface area contributed by atoms with E-state index in [1.54, 1.807) is 12.1 Å². The molecule has 1 saturated carbocycles. The van der Waals surface area contributed by atoms with Crippen LogP contribution in [0.1, 0.15) is 36.9 Å². The summed E-state index contributed by atoms with van der Waals surface area (Å²) < 4.78 is 13.7. The van der Waals surface area contributed by atoms with Gasteiger partial charge in [0.25, 0.3) is 0 Å².